The summed E-state index contributed by atoms with van der Waals surface area (Å²) in [5.74, 6) is 2.54. The second-order valence-electron chi connectivity index (χ2n) is 4.54. The molecule has 0 heterocycles. The maximum atomic E-state index is 6.07. The van der Waals surface area contributed by atoms with Crippen molar-refractivity contribution in [1.82, 2.24) is 0 Å². The SMILES string of the molecule is CC(C)CSc1cccc(OC(C)C)c1N. The van der Waals surface area contributed by atoms with Crippen LogP contribution in [0.1, 0.15) is 27.7 Å². The van der Waals surface area contributed by atoms with Gasteiger partial charge in [0.2, 0.25) is 0 Å². The molecular weight excluding hydrogens is 218 g/mol. The Morgan fingerprint density at radius 1 is 1.25 bits per heavy atom. The van der Waals surface area contributed by atoms with Crippen LogP contribution in [0.3, 0.4) is 0 Å². The minimum absolute atomic E-state index is 0.160. The molecule has 0 aliphatic rings. The maximum Gasteiger partial charge on any atom is 0.143 e. The lowest BCUT2D eigenvalue weighted by Crippen LogP contribution is -2.07. The van der Waals surface area contributed by atoms with Gasteiger partial charge in [-0.2, -0.15) is 0 Å². The molecule has 1 rings (SSSR count). The van der Waals surface area contributed by atoms with Crippen LogP contribution in [0, 0.1) is 5.92 Å². The molecule has 3 heteroatoms. The molecule has 16 heavy (non-hydrogen) atoms. The highest BCUT2D eigenvalue weighted by atomic mass is 32.2. The Labute approximate surface area is 103 Å². The monoisotopic (exact) mass is 239 g/mol. The zero-order chi connectivity index (χ0) is 12.1. The van der Waals surface area contributed by atoms with E-state index in [1.165, 1.54) is 0 Å². The van der Waals surface area contributed by atoms with Gasteiger partial charge in [0.1, 0.15) is 5.75 Å². The Bertz CT molecular complexity index is 337. The van der Waals surface area contributed by atoms with Crippen LogP contribution in [0.2, 0.25) is 0 Å². The standard InChI is InChI=1S/C13H21NOS/c1-9(2)8-16-12-7-5-6-11(13(12)14)15-10(3)4/h5-7,9-10H,8,14H2,1-4H3. The van der Waals surface area contributed by atoms with Gasteiger partial charge in [0.15, 0.2) is 0 Å². The molecule has 0 atom stereocenters. The number of ether oxygens (including phenoxy) is 1. The molecule has 0 bridgehead atoms. The summed E-state index contributed by atoms with van der Waals surface area (Å²) in [6, 6.07) is 5.97. The van der Waals surface area contributed by atoms with Gasteiger partial charge in [0.05, 0.1) is 11.8 Å². The molecule has 0 saturated carbocycles. The minimum Gasteiger partial charge on any atom is -0.489 e. The normalized spacial score (nSPS) is 11.1. The van der Waals surface area contributed by atoms with E-state index in [9.17, 15) is 0 Å². The molecule has 0 saturated heterocycles. The number of hydrogen-bond acceptors (Lipinski definition) is 3. The van der Waals surface area contributed by atoms with Crippen molar-refractivity contribution in [2.45, 2.75) is 38.7 Å². The first kappa shape index (κ1) is 13.2. The highest BCUT2D eigenvalue weighted by Gasteiger charge is 2.08. The molecule has 2 N–H and O–H groups in total. The van der Waals surface area contributed by atoms with Crippen LogP contribution in [0.15, 0.2) is 23.1 Å². The molecule has 0 aliphatic carbocycles. The minimum atomic E-state index is 0.160. The van der Waals surface area contributed by atoms with Crippen LogP contribution in [0.4, 0.5) is 5.69 Å². The summed E-state index contributed by atoms with van der Waals surface area (Å²) in [4.78, 5) is 1.12. The van der Waals surface area contributed by atoms with Crippen LogP contribution in [-0.2, 0) is 0 Å². The van der Waals surface area contributed by atoms with Gasteiger partial charge in [-0.3, -0.25) is 0 Å². The maximum absolute atomic E-state index is 6.07. The molecule has 1 aromatic carbocycles. The van der Waals surface area contributed by atoms with Crippen LogP contribution in [0.25, 0.3) is 0 Å². The smallest absolute Gasteiger partial charge is 0.143 e. The van der Waals surface area contributed by atoms with Crippen LogP contribution in [-0.4, -0.2) is 11.9 Å². The number of benzene rings is 1. The summed E-state index contributed by atoms with van der Waals surface area (Å²) >= 11 is 1.79. The van der Waals surface area contributed by atoms with E-state index >= 15 is 0 Å². The Hall–Kier alpha value is -0.830. The van der Waals surface area contributed by atoms with Gasteiger partial charge in [0.25, 0.3) is 0 Å². The molecular formula is C13H21NOS. The summed E-state index contributed by atoms with van der Waals surface area (Å²) in [5.41, 5.74) is 6.84. The molecule has 0 fully saturated rings. The van der Waals surface area contributed by atoms with E-state index in [1.807, 2.05) is 26.0 Å². The van der Waals surface area contributed by atoms with Crippen molar-refractivity contribution < 1.29 is 4.74 Å². The fourth-order valence-corrected chi connectivity index (χ4v) is 2.21. The molecule has 0 radical (unpaired) electrons. The summed E-state index contributed by atoms with van der Waals surface area (Å²) in [6.45, 7) is 8.43. The number of thioether (sulfide) groups is 1. The van der Waals surface area contributed by atoms with Crippen molar-refractivity contribution in [1.29, 1.82) is 0 Å². The van der Waals surface area contributed by atoms with E-state index in [0.29, 0.717) is 5.92 Å². The third-order valence-electron chi connectivity index (χ3n) is 1.96. The molecule has 0 unspecified atom stereocenters. The zero-order valence-electron chi connectivity index (χ0n) is 10.5. The molecule has 1 aromatic rings. The topological polar surface area (TPSA) is 35.2 Å². The van der Waals surface area contributed by atoms with Crippen LogP contribution < -0.4 is 10.5 Å². The average molecular weight is 239 g/mol. The van der Waals surface area contributed by atoms with Crippen molar-refractivity contribution in [2.24, 2.45) is 5.92 Å². The number of nitrogens with two attached hydrogens (primary N) is 1. The van der Waals surface area contributed by atoms with E-state index in [2.05, 4.69) is 19.9 Å². The highest BCUT2D eigenvalue weighted by Crippen LogP contribution is 2.33. The van der Waals surface area contributed by atoms with Crippen molar-refractivity contribution in [3.8, 4) is 5.75 Å². The van der Waals surface area contributed by atoms with Crippen LogP contribution in [0.5, 0.6) is 5.75 Å². The molecule has 0 amide bonds. The van der Waals surface area contributed by atoms with Crippen molar-refractivity contribution in [3.05, 3.63) is 18.2 Å². The number of anilines is 1. The fraction of sp³-hybridized carbons (Fsp3) is 0.538. The molecule has 0 spiro atoms. The van der Waals surface area contributed by atoms with Gasteiger partial charge in [0, 0.05) is 10.6 Å². The lowest BCUT2D eigenvalue weighted by molar-refractivity contribution is 0.243. The van der Waals surface area contributed by atoms with Gasteiger partial charge < -0.3 is 10.5 Å². The summed E-state index contributed by atoms with van der Waals surface area (Å²) in [6.07, 6.45) is 0.160. The van der Waals surface area contributed by atoms with Gasteiger partial charge in [-0.1, -0.05) is 19.9 Å². The Kier molecular flexibility index (Phi) is 5.00. The average Bonchev–Trinajstić information content (AvgIpc) is 2.18. The lowest BCUT2D eigenvalue weighted by atomic mass is 10.3. The number of para-hydroxylation sites is 1. The second-order valence-corrected chi connectivity index (χ2v) is 5.60. The third-order valence-corrected chi connectivity index (χ3v) is 3.46. The Morgan fingerprint density at radius 2 is 1.94 bits per heavy atom. The highest BCUT2D eigenvalue weighted by molar-refractivity contribution is 7.99. The van der Waals surface area contributed by atoms with Crippen molar-refractivity contribution in [2.75, 3.05) is 11.5 Å². The van der Waals surface area contributed by atoms with E-state index in [1.54, 1.807) is 11.8 Å². The number of nitrogen functional groups attached to an aromatic ring is 1. The molecule has 0 aromatic heterocycles. The Morgan fingerprint density at radius 3 is 2.50 bits per heavy atom. The first-order valence-corrected chi connectivity index (χ1v) is 6.67. The number of rotatable bonds is 5. The molecule has 2 nitrogen and oxygen atoms in total. The number of hydrogen-bond donors (Lipinski definition) is 1. The Balaban J connectivity index is 2.78. The predicted octanol–water partition coefficient (Wildman–Crippen LogP) is 3.80. The third kappa shape index (κ3) is 3.97. The van der Waals surface area contributed by atoms with Gasteiger partial charge >= 0.3 is 0 Å². The largest absolute Gasteiger partial charge is 0.489 e. The van der Waals surface area contributed by atoms with E-state index < -0.39 is 0 Å². The zero-order valence-corrected chi connectivity index (χ0v) is 11.3. The van der Waals surface area contributed by atoms with Gasteiger partial charge in [-0.15, -0.1) is 11.8 Å². The predicted molar refractivity (Wildman–Crippen MR) is 72.2 cm³/mol. The van der Waals surface area contributed by atoms with E-state index in [-0.39, 0.29) is 6.10 Å². The van der Waals surface area contributed by atoms with Crippen LogP contribution >= 0.6 is 11.8 Å². The molecule has 90 valence electrons. The van der Waals surface area contributed by atoms with Gasteiger partial charge in [-0.05, 0) is 31.9 Å². The van der Waals surface area contributed by atoms with Crippen molar-refractivity contribution in [3.63, 3.8) is 0 Å². The lowest BCUT2D eigenvalue weighted by Gasteiger charge is -2.14. The van der Waals surface area contributed by atoms with E-state index in [0.717, 1.165) is 22.1 Å². The van der Waals surface area contributed by atoms with E-state index in [4.69, 9.17) is 10.5 Å². The quantitative estimate of drug-likeness (QED) is 0.627. The van der Waals surface area contributed by atoms with Crippen molar-refractivity contribution >= 4 is 17.4 Å². The first-order valence-electron chi connectivity index (χ1n) is 5.68. The first-order chi connectivity index (χ1) is 7.50. The fourth-order valence-electron chi connectivity index (χ4n) is 1.26. The second kappa shape index (κ2) is 6.04. The summed E-state index contributed by atoms with van der Waals surface area (Å²) in [7, 11) is 0. The van der Waals surface area contributed by atoms with Gasteiger partial charge in [-0.25, -0.2) is 0 Å². The summed E-state index contributed by atoms with van der Waals surface area (Å²) in [5, 5.41) is 0. The molecule has 0 aliphatic heterocycles. The summed E-state index contributed by atoms with van der Waals surface area (Å²) < 4.78 is 5.65.